The highest BCUT2D eigenvalue weighted by atomic mass is 32.1. The molecule has 1 saturated carbocycles. The second-order valence-corrected chi connectivity index (χ2v) is 7.66. The molecule has 3 rings (SSSR count). The molecule has 0 unspecified atom stereocenters. The number of hydrogen-bond donors (Lipinski definition) is 1. The van der Waals surface area contributed by atoms with Crippen LogP contribution in [0.1, 0.15) is 53.8 Å². The summed E-state index contributed by atoms with van der Waals surface area (Å²) in [5, 5.41) is 9.68. The molecular formula is C18H23N3O4S. The van der Waals surface area contributed by atoms with Gasteiger partial charge in [-0.25, -0.2) is 14.8 Å². The molecule has 1 aliphatic carbocycles. The summed E-state index contributed by atoms with van der Waals surface area (Å²) in [4.78, 5) is 35.1. The largest absolute Gasteiger partial charge is 0.481 e. The lowest BCUT2D eigenvalue weighted by Gasteiger charge is -2.21. The van der Waals surface area contributed by atoms with Crippen molar-refractivity contribution in [3.63, 3.8) is 0 Å². The topological polar surface area (TPSA) is 92.6 Å². The number of fused-ring (bicyclic) bond motifs is 1. The number of aliphatic carboxylic acids is 1. The molecule has 140 valence electrons. The zero-order chi connectivity index (χ0) is 18.7. The van der Waals surface area contributed by atoms with Gasteiger partial charge in [0.25, 0.3) is 0 Å². The summed E-state index contributed by atoms with van der Waals surface area (Å²) in [5.41, 5.74) is 0.795. The van der Waals surface area contributed by atoms with Gasteiger partial charge < -0.3 is 14.7 Å². The maximum absolute atomic E-state index is 12.6. The third-order valence-corrected chi connectivity index (χ3v) is 5.92. The van der Waals surface area contributed by atoms with Crippen LogP contribution in [0.25, 0.3) is 10.2 Å². The SMILES string of the molecule is Cc1c(C(=O)OC2CCCCC2)sc2ncnc(N(C)CCC(=O)O)c12. The van der Waals surface area contributed by atoms with Gasteiger partial charge in [-0.15, -0.1) is 11.3 Å². The maximum Gasteiger partial charge on any atom is 0.348 e. The van der Waals surface area contributed by atoms with Gasteiger partial charge in [-0.2, -0.15) is 0 Å². The van der Waals surface area contributed by atoms with Crippen LogP contribution >= 0.6 is 11.3 Å². The summed E-state index contributed by atoms with van der Waals surface area (Å²) in [6.45, 7) is 2.20. The molecule has 0 amide bonds. The van der Waals surface area contributed by atoms with Crippen LogP contribution in [0.5, 0.6) is 0 Å². The number of aryl methyl sites for hydroxylation is 1. The average Bonchev–Trinajstić information content (AvgIpc) is 2.97. The summed E-state index contributed by atoms with van der Waals surface area (Å²) in [5.74, 6) is -0.515. The Morgan fingerprint density at radius 2 is 2.04 bits per heavy atom. The molecule has 1 N–H and O–H groups in total. The van der Waals surface area contributed by atoms with Gasteiger partial charge >= 0.3 is 11.9 Å². The first-order valence-corrected chi connectivity index (χ1v) is 9.67. The van der Waals surface area contributed by atoms with Gasteiger partial charge in [0.2, 0.25) is 0 Å². The molecule has 2 aromatic heterocycles. The second kappa shape index (κ2) is 7.99. The van der Waals surface area contributed by atoms with E-state index < -0.39 is 5.97 Å². The van der Waals surface area contributed by atoms with Crippen LogP contribution in [0, 0.1) is 6.92 Å². The van der Waals surface area contributed by atoms with Gasteiger partial charge in [0.05, 0.1) is 11.8 Å². The number of anilines is 1. The number of thiophene rings is 1. The molecule has 2 heterocycles. The fraction of sp³-hybridized carbons (Fsp3) is 0.556. The fourth-order valence-electron chi connectivity index (χ4n) is 3.29. The Kier molecular flexibility index (Phi) is 5.70. The van der Waals surface area contributed by atoms with Crippen molar-refractivity contribution in [3.8, 4) is 0 Å². The minimum atomic E-state index is -0.860. The van der Waals surface area contributed by atoms with Gasteiger partial charge in [-0.1, -0.05) is 6.42 Å². The first kappa shape index (κ1) is 18.6. The number of nitrogens with zero attached hydrogens (tertiary/aromatic N) is 3. The first-order chi connectivity index (χ1) is 12.5. The van der Waals surface area contributed by atoms with Crippen LogP contribution < -0.4 is 4.90 Å². The predicted molar refractivity (Wildman–Crippen MR) is 100.0 cm³/mol. The lowest BCUT2D eigenvalue weighted by molar-refractivity contribution is -0.136. The maximum atomic E-state index is 12.6. The predicted octanol–water partition coefficient (Wildman–Crippen LogP) is 3.40. The van der Waals surface area contributed by atoms with E-state index in [4.69, 9.17) is 9.84 Å². The minimum Gasteiger partial charge on any atom is -0.481 e. The van der Waals surface area contributed by atoms with Crippen LogP contribution in [-0.4, -0.2) is 46.7 Å². The van der Waals surface area contributed by atoms with Crippen molar-refractivity contribution in [2.45, 2.75) is 51.6 Å². The van der Waals surface area contributed by atoms with E-state index in [0.717, 1.165) is 36.6 Å². The fourth-order valence-corrected chi connectivity index (χ4v) is 4.32. The molecule has 7 nitrogen and oxygen atoms in total. The number of aromatic nitrogens is 2. The van der Waals surface area contributed by atoms with E-state index in [1.807, 2.05) is 6.92 Å². The highest BCUT2D eigenvalue weighted by Crippen LogP contribution is 2.35. The summed E-state index contributed by atoms with van der Waals surface area (Å²) < 4.78 is 5.70. The number of rotatable bonds is 6. The van der Waals surface area contributed by atoms with Gasteiger partial charge in [0.15, 0.2) is 0 Å². The van der Waals surface area contributed by atoms with E-state index in [2.05, 4.69) is 9.97 Å². The number of carboxylic acid groups (broad SMARTS) is 1. The van der Waals surface area contributed by atoms with E-state index in [9.17, 15) is 9.59 Å². The first-order valence-electron chi connectivity index (χ1n) is 8.85. The average molecular weight is 377 g/mol. The van der Waals surface area contributed by atoms with Crippen molar-refractivity contribution in [3.05, 3.63) is 16.8 Å². The Bertz CT molecular complexity index is 814. The van der Waals surface area contributed by atoms with Gasteiger partial charge in [-0.05, 0) is 38.2 Å². The number of esters is 1. The van der Waals surface area contributed by atoms with E-state index in [0.29, 0.717) is 22.1 Å². The molecule has 2 aromatic rings. The standard InChI is InChI=1S/C18H23N3O4S/c1-11-14-16(21(2)9-8-13(22)23)19-10-20-17(14)26-15(11)18(24)25-12-6-4-3-5-7-12/h10,12H,3-9H2,1-2H3,(H,22,23). The number of carbonyl (C=O) groups is 2. The Hall–Kier alpha value is -2.22. The normalized spacial score (nSPS) is 15.2. The smallest absolute Gasteiger partial charge is 0.348 e. The number of carboxylic acids is 1. The monoisotopic (exact) mass is 377 g/mol. The van der Waals surface area contributed by atoms with Crippen LogP contribution in [0.4, 0.5) is 5.82 Å². The zero-order valence-corrected chi connectivity index (χ0v) is 15.8. The van der Waals surface area contributed by atoms with Crippen molar-refractivity contribution in [1.82, 2.24) is 9.97 Å². The molecule has 0 radical (unpaired) electrons. The van der Waals surface area contributed by atoms with Gasteiger partial charge in [0.1, 0.15) is 28.0 Å². The van der Waals surface area contributed by atoms with Crippen molar-refractivity contribution in [1.29, 1.82) is 0 Å². The van der Waals surface area contributed by atoms with Gasteiger partial charge in [-0.3, -0.25) is 4.79 Å². The Morgan fingerprint density at radius 3 is 2.73 bits per heavy atom. The molecular weight excluding hydrogens is 354 g/mol. The van der Waals surface area contributed by atoms with Crippen LogP contribution in [-0.2, 0) is 9.53 Å². The highest BCUT2D eigenvalue weighted by molar-refractivity contribution is 7.20. The molecule has 1 aliphatic rings. The molecule has 1 fully saturated rings. The van der Waals surface area contributed by atoms with Gasteiger partial charge in [0, 0.05) is 13.6 Å². The molecule has 0 spiro atoms. The molecule has 0 saturated heterocycles. The lowest BCUT2D eigenvalue weighted by Crippen LogP contribution is -2.22. The molecule has 8 heteroatoms. The third-order valence-electron chi connectivity index (χ3n) is 4.74. The molecule has 0 atom stereocenters. The Labute approximate surface area is 156 Å². The van der Waals surface area contributed by atoms with E-state index >= 15 is 0 Å². The molecule has 0 bridgehead atoms. The second-order valence-electron chi connectivity index (χ2n) is 6.66. The zero-order valence-electron chi connectivity index (χ0n) is 15.0. The van der Waals surface area contributed by atoms with E-state index in [-0.39, 0.29) is 18.5 Å². The third kappa shape index (κ3) is 3.95. The quantitative estimate of drug-likeness (QED) is 0.771. The van der Waals surface area contributed by atoms with Crippen molar-refractivity contribution >= 4 is 39.3 Å². The van der Waals surface area contributed by atoms with Crippen molar-refractivity contribution in [2.75, 3.05) is 18.5 Å². The van der Waals surface area contributed by atoms with Crippen LogP contribution in [0.15, 0.2) is 6.33 Å². The Balaban J connectivity index is 1.86. The summed E-state index contributed by atoms with van der Waals surface area (Å²) in [6.07, 6.45) is 6.74. The summed E-state index contributed by atoms with van der Waals surface area (Å²) >= 11 is 1.31. The number of hydrogen-bond acceptors (Lipinski definition) is 7. The highest BCUT2D eigenvalue weighted by Gasteiger charge is 2.25. The molecule has 26 heavy (non-hydrogen) atoms. The summed E-state index contributed by atoms with van der Waals surface area (Å²) in [6, 6.07) is 0. The lowest BCUT2D eigenvalue weighted by atomic mass is 9.98. The molecule has 0 aromatic carbocycles. The number of ether oxygens (including phenoxy) is 1. The molecule has 0 aliphatic heterocycles. The van der Waals surface area contributed by atoms with Crippen molar-refractivity contribution < 1.29 is 19.4 Å². The van der Waals surface area contributed by atoms with Crippen LogP contribution in [0.2, 0.25) is 0 Å². The number of carbonyl (C=O) groups excluding carboxylic acids is 1. The summed E-state index contributed by atoms with van der Waals surface area (Å²) in [7, 11) is 1.79. The Morgan fingerprint density at radius 1 is 1.31 bits per heavy atom. The van der Waals surface area contributed by atoms with Crippen LogP contribution in [0.3, 0.4) is 0 Å². The van der Waals surface area contributed by atoms with E-state index in [1.54, 1.807) is 11.9 Å². The van der Waals surface area contributed by atoms with Crippen molar-refractivity contribution in [2.24, 2.45) is 0 Å². The minimum absolute atomic E-state index is 0.00431. The van der Waals surface area contributed by atoms with E-state index in [1.165, 1.54) is 24.1 Å².